The Balaban J connectivity index is 2.10. The zero-order valence-electron chi connectivity index (χ0n) is 12.2. The average molecular weight is 299 g/mol. The predicted molar refractivity (Wildman–Crippen MR) is 82.6 cm³/mol. The van der Waals surface area contributed by atoms with Crippen molar-refractivity contribution in [2.24, 2.45) is 5.92 Å². The van der Waals surface area contributed by atoms with Crippen molar-refractivity contribution in [3.8, 4) is 0 Å². The minimum absolute atomic E-state index is 0.197. The van der Waals surface area contributed by atoms with Crippen molar-refractivity contribution in [2.45, 2.75) is 39.2 Å². The maximum absolute atomic E-state index is 11.6. The highest BCUT2D eigenvalue weighted by molar-refractivity contribution is 6.32. The van der Waals surface area contributed by atoms with E-state index in [-0.39, 0.29) is 10.6 Å². The Bertz CT molecular complexity index is 488. The van der Waals surface area contributed by atoms with Crippen LogP contribution in [0.2, 0.25) is 5.02 Å². The van der Waals surface area contributed by atoms with Crippen molar-refractivity contribution in [2.75, 3.05) is 24.5 Å². The summed E-state index contributed by atoms with van der Waals surface area (Å²) in [6.45, 7) is 7.20. The van der Waals surface area contributed by atoms with E-state index >= 15 is 0 Å². The first-order valence-electron chi connectivity index (χ1n) is 7.30. The number of aromatic nitrogens is 2. The Labute approximate surface area is 124 Å². The van der Waals surface area contributed by atoms with Gasteiger partial charge in [-0.05, 0) is 31.7 Å². The van der Waals surface area contributed by atoms with E-state index in [0.717, 1.165) is 32.5 Å². The van der Waals surface area contributed by atoms with Crippen molar-refractivity contribution in [3.05, 3.63) is 21.7 Å². The minimum Gasteiger partial charge on any atom is -0.351 e. The van der Waals surface area contributed by atoms with Crippen LogP contribution in [-0.2, 0) is 0 Å². The Morgan fingerprint density at radius 2 is 2.35 bits per heavy atom. The lowest BCUT2D eigenvalue weighted by Gasteiger charge is -2.37. The van der Waals surface area contributed by atoms with Gasteiger partial charge in [-0.25, -0.2) is 4.98 Å². The maximum Gasteiger partial charge on any atom is 0.271 e. The monoisotopic (exact) mass is 298 g/mol. The van der Waals surface area contributed by atoms with E-state index in [9.17, 15) is 4.79 Å². The highest BCUT2D eigenvalue weighted by atomic mass is 35.5. The molecule has 1 aromatic rings. The van der Waals surface area contributed by atoms with Gasteiger partial charge in [0.1, 0.15) is 5.02 Å². The molecule has 2 N–H and O–H groups in total. The number of hydrogen-bond donors (Lipinski definition) is 2. The van der Waals surface area contributed by atoms with Gasteiger partial charge in [-0.3, -0.25) is 4.79 Å². The van der Waals surface area contributed by atoms with Crippen molar-refractivity contribution in [3.63, 3.8) is 0 Å². The number of halogens is 1. The summed E-state index contributed by atoms with van der Waals surface area (Å²) in [5, 5.41) is 3.69. The molecule has 1 unspecified atom stereocenters. The first-order chi connectivity index (χ1) is 9.59. The van der Waals surface area contributed by atoms with Crippen LogP contribution in [-0.4, -0.2) is 35.6 Å². The second kappa shape index (κ2) is 7.09. The highest BCUT2D eigenvalue weighted by Gasteiger charge is 2.25. The third-order valence-corrected chi connectivity index (χ3v) is 3.95. The summed E-state index contributed by atoms with van der Waals surface area (Å²) in [5.74, 6) is 1.25. The van der Waals surface area contributed by atoms with Crippen molar-refractivity contribution in [1.29, 1.82) is 0 Å². The Morgan fingerprint density at radius 1 is 1.55 bits per heavy atom. The van der Waals surface area contributed by atoms with Crippen LogP contribution in [0.1, 0.15) is 33.1 Å². The molecule has 5 nitrogen and oxygen atoms in total. The first kappa shape index (κ1) is 15.3. The van der Waals surface area contributed by atoms with Crippen molar-refractivity contribution >= 4 is 17.4 Å². The van der Waals surface area contributed by atoms with Crippen LogP contribution < -0.4 is 15.8 Å². The molecule has 0 amide bonds. The number of nitrogens with zero attached hydrogens (tertiary/aromatic N) is 2. The molecule has 0 aliphatic carbocycles. The van der Waals surface area contributed by atoms with Gasteiger partial charge in [0.05, 0.1) is 6.33 Å². The second-order valence-corrected chi connectivity index (χ2v) is 6.14. The number of nitrogens with one attached hydrogen (secondary N) is 2. The topological polar surface area (TPSA) is 61.0 Å². The quantitative estimate of drug-likeness (QED) is 0.873. The Morgan fingerprint density at radius 3 is 3.10 bits per heavy atom. The van der Waals surface area contributed by atoms with Crippen molar-refractivity contribution in [1.82, 2.24) is 15.3 Å². The van der Waals surface area contributed by atoms with Crippen LogP contribution in [0.3, 0.4) is 0 Å². The number of hydrogen-bond acceptors (Lipinski definition) is 4. The molecule has 0 radical (unpaired) electrons. The summed E-state index contributed by atoms with van der Waals surface area (Å²) in [5.41, 5.74) is -0.267. The van der Waals surface area contributed by atoms with Gasteiger partial charge in [0.15, 0.2) is 5.82 Å². The molecule has 1 aliphatic heterocycles. The zero-order valence-corrected chi connectivity index (χ0v) is 12.9. The zero-order chi connectivity index (χ0) is 14.5. The molecule has 1 atom stereocenters. The van der Waals surface area contributed by atoms with Gasteiger partial charge in [0.25, 0.3) is 5.56 Å². The smallest absolute Gasteiger partial charge is 0.271 e. The van der Waals surface area contributed by atoms with Gasteiger partial charge in [0, 0.05) is 19.1 Å². The fourth-order valence-corrected chi connectivity index (χ4v) is 2.82. The summed E-state index contributed by atoms with van der Waals surface area (Å²) >= 11 is 6.11. The summed E-state index contributed by atoms with van der Waals surface area (Å²) < 4.78 is 0. The molecule has 1 aliphatic rings. The molecular formula is C14H23ClN4O. The minimum atomic E-state index is -0.267. The summed E-state index contributed by atoms with van der Waals surface area (Å²) in [6, 6.07) is 0.356. The standard InChI is InChI=1S/C14H23ClN4O/c1-10(2)7-16-8-11-5-3-4-6-19(11)13-12(15)14(20)18-9-17-13/h9-11,16H,3-8H2,1-2H3,(H,17,18,20). The largest absolute Gasteiger partial charge is 0.351 e. The third kappa shape index (κ3) is 3.73. The van der Waals surface area contributed by atoms with Crippen LogP contribution in [0.4, 0.5) is 5.82 Å². The summed E-state index contributed by atoms with van der Waals surface area (Å²) in [4.78, 5) is 20.6. The fraction of sp³-hybridized carbons (Fsp3) is 0.714. The van der Waals surface area contributed by atoms with Crippen LogP contribution in [0.25, 0.3) is 0 Å². The molecule has 0 bridgehead atoms. The van der Waals surface area contributed by atoms with Gasteiger partial charge in [-0.1, -0.05) is 25.4 Å². The average Bonchev–Trinajstić information content (AvgIpc) is 2.42. The van der Waals surface area contributed by atoms with Gasteiger partial charge >= 0.3 is 0 Å². The first-order valence-corrected chi connectivity index (χ1v) is 7.68. The normalized spacial score (nSPS) is 19.6. The molecule has 2 heterocycles. The summed E-state index contributed by atoms with van der Waals surface area (Å²) in [7, 11) is 0. The fourth-order valence-electron chi connectivity index (χ4n) is 2.60. The Kier molecular flexibility index (Phi) is 5.43. The van der Waals surface area contributed by atoms with E-state index in [1.165, 1.54) is 12.7 Å². The molecular weight excluding hydrogens is 276 g/mol. The number of aromatic amines is 1. The van der Waals surface area contributed by atoms with E-state index in [2.05, 4.69) is 34.0 Å². The Hall–Kier alpha value is -1.07. The van der Waals surface area contributed by atoms with Crippen LogP contribution in [0.15, 0.2) is 11.1 Å². The van der Waals surface area contributed by atoms with Gasteiger partial charge in [-0.2, -0.15) is 0 Å². The number of H-pyrrole nitrogens is 1. The van der Waals surface area contributed by atoms with Gasteiger partial charge in [0.2, 0.25) is 0 Å². The summed E-state index contributed by atoms with van der Waals surface area (Å²) in [6.07, 6.45) is 4.86. The number of anilines is 1. The maximum atomic E-state index is 11.6. The lowest BCUT2D eigenvalue weighted by molar-refractivity contribution is 0.420. The van der Waals surface area contributed by atoms with E-state index in [4.69, 9.17) is 11.6 Å². The van der Waals surface area contributed by atoms with Crippen LogP contribution >= 0.6 is 11.6 Å². The molecule has 6 heteroatoms. The molecule has 1 aromatic heterocycles. The van der Waals surface area contributed by atoms with E-state index in [1.54, 1.807) is 0 Å². The van der Waals surface area contributed by atoms with Crippen LogP contribution in [0.5, 0.6) is 0 Å². The third-order valence-electron chi connectivity index (χ3n) is 3.61. The lowest BCUT2D eigenvalue weighted by Crippen LogP contribution is -2.47. The van der Waals surface area contributed by atoms with Gasteiger partial charge < -0.3 is 15.2 Å². The van der Waals surface area contributed by atoms with E-state index in [1.807, 2.05) is 0 Å². The number of rotatable bonds is 5. The second-order valence-electron chi connectivity index (χ2n) is 5.76. The van der Waals surface area contributed by atoms with E-state index < -0.39 is 0 Å². The number of piperidine rings is 1. The lowest BCUT2D eigenvalue weighted by atomic mass is 10.0. The predicted octanol–water partition coefficient (Wildman–Crippen LogP) is 2.03. The molecule has 0 saturated carbocycles. The molecule has 20 heavy (non-hydrogen) atoms. The molecule has 0 aromatic carbocycles. The molecule has 1 fully saturated rings. The molecule has 1 saturated heterocycles. The highest BCUT2D eigenvalue weighted by Crippen LogP contribution is 2.26. The molecule has 0 spiro atoms. The van der Waals surface area contributed by atoms with Crippen LogP contribution in [0, 0.1) is 5.92 Å². The molecule has 112 valence electrons. The van der Waals surface area contributed by atoms with Crippen molar-refractivity contribution < 1.29 is 0 Å². The van der Waals surface area contributed by atoms with E-state index in [0.29, 0.717) is 17.8 Å². The molecule has 2 rings (SSSR count). The van der Waals surface area contributed by atoms with Gasteiger partial charge in [-0.15, -0.1) is 0 Å². The SMILES string of the molecule is CC(C)CNCC1CCCCN1c1nc[nH]c(=O)c1Cl.